The van der Waals surface area contributed by atoms with Crippen LogP contribution in [0.4, 0.5) is 0 Å². The number of methoxy groups -OCH3 is 2. The zero-order chi connectivity index (χ0) is 26.5. The number of carbonyl (C=O) groups is 2. The molecule has 19 heteroatoms. The fourth-order valence-corrected chi connectivity index (χ4v) is 6.02. The van der Waals surface area contributed by atoms with Crippen molar-refractivity contribution in [3.8, 4) is 0 Å². The van der Waals surface area contributed by atoms with Crippen LogP contribution in [0.1, 0.15) is 6.92 Å². The lowest BCUT2D eigenvalue weighted by atomic mass is 9.96. The zero-order valence-corrected chi connectivity index (χ0v) is 20.2. The molecule has 0 spiro atoms. The van der Waals surface area contributed by atoms with Crippen molar-refractivity contribution in [1.82, 2.24) is 5.32 Å². The number of aliphatic hydroxyl groups is 2. The quantitative estimate of drug-likeness (QED) is 0.0650. The Hall–Kier alpha value is -1.20. The van der Waals surface area contributed by atoms with Gasteiger partial charge >= 0.3 is 5.97 Å². The van der Waals surface area contributed by atoms with Crippen molar-refractivity contribution in [2.75, 3.05) is 20.8 Å². The summed E-state index contributed by atoms with van der Waals surface area (Å²) >= 11 is 0.0930. The first-order chi connectivity index (χ1) is 16.4. The number of nitrogens with one attached hydrogen (secondary N) is 1. The van der Waals surface area contributed by atoms with Gasteiger partial charge in [-0.25, -0.2) is 10.1 Å². The van der Waals surface area contributed by atoms with Gasteiger partial charge in [0.15, 0.2) is 23.9 Å². The van der Waals surface area contributed by atoms with Crippen molar-refractivity contribution in [2.45, 2.75) is 66.6 Å². The van der Waals surface area contributed by atoms with Crippen LogP contribution >= 0.6 is 12.0 Å². The fraction of sp³-hybridized carbons (Fsp3) is 0.875. The molecule has 0 aromatic rings. The van der Waals surface area contributed by atoms with E-state index in [-0.39, 0.29) is 12.0 Å². The van der Waals surface area contributed by atoms with E-state index in [4.69, 9.17) is 28.9 Å². The highest BCUT2D eigenvalue weighted by Crippen LogP contribution is 2.38. The molecule has 0 radical (unpaired) electrons. The highest BCUT2D eigenvalue weighted by Gasteiger charge is 2.58. The molecule has 17 nitrogen and oxygen atoms in total. The molecule has 0 saturated carbocycles. The molecule has 0 bridgehead atoms. The lowest BCUT2D eigenvalue weighted by molar-refractivity contribution is -0.432. The molecule has 0 aromatic heterocycles. The van der Waals surface area contributed by atoms with Crippen LogP contribution in [0, 0.1) is 0 Å². The van der Waals surface area contributed by atoms with Gasteiger partial charge in [-0.15, -0.1) is 4.33 Å². The number of ether oxygens (including phenoxy) is 5. The number of aliphatic carboxylic acids is 1. The van der Waals surface area contributed by atoms with Gasteiger partial charge in [0.05, 0.1) is 11.9 Å². The molecule has 35 heavy (non-hydrogen) atoms. The van der Waals surface area contributed by atoms with E-state index in [1.807, 2.05) is 0 Å². The summed E-state index contributed by atoms with van der Waals surface area (Å²) in [7, 11) is -2.92. The second-order valence-electron chi connectivity index (χ2n) is 7.43. The minimum Gasteiger partial charge on any atom is -0.479 e. The molecule has 0 aliphatic carbocycles. The van der Waals surface area contributed by atoms with Crippen molar-refractivity contribution in [2.24, 2.45) is 0 Å². The van der Waals surface area contributed by atoms with Crippen LogP contribution in [-0.4, -0.2) is 126 Å². The van der Waals surface area contributed by atoms with E-state index in [0.29, 0.717) is 0 Å². The maximum Gasteiger partial charge on any atom is 0.335 e. The molecule has 2 heterocycles. The Morgan fingerprint density at radius 3 is 2.23 bits per heavy atom. The smallest absolute Gasteiger partial charge is 0.335 e. The van der Waals surface area contributed by atoms with E-state index in [1.54, 1.807) is 0 Å². The Bertz CT molecular complexity index is 828. The molecular formula is C16H27NO16S2. The maximum atomic E-state index is 12.3. The minimum atomic E-state index is -5.14. The van der Waals surface area contributed by atoms with Crippen LogP contribution in [0.15, 0.2) is 0 Å². The largest absolute Gasteiger partial charge is 0.479 e. The normalized spacial score (nSPS) is 38.1. The van der Waals surface area contributed by atoms with Gasteiger partial charge in [-0.05, 0) is 0 Å². The third-order valence-corrected chi connectivity index (χ3v) is 7.58. The van der Waals surface area contributed by atoms with E-state index in [1.165, 1.54) is 7.11 Å². The van der Waals surface area contributed by atoms with Gasteiger partial charge in [-0.3, -0.25) is 9.35 Å². The summed E-state index contributed by atoms with van der Waals surface area (Å²) in [5, 5.41) is 40.5. The van der Waals surface area contributed by atoms with Gasteiger partial charge in [-0.1, -0.05) is 5.04 Å². The van der Waals surface area contributed by atoms with Gasteiger partial charge in [0.25, 0.3) is 10.1 Å². The van der Waals surface area contributed by atoms with Crippen LogP contribution in [0.5, 0.6) is 0 Å². The number of rotatable bonds is 11. The van der Waals surface area contributed by atoms with Crippen LogP contribution in [0.3, 0.4) is 0 Å². The van der Waals surface area contributed by atoms with Crippen molar-refractivity contribution in [3.63, 3.8) is 0 Å². The predicted molar refractivity (Wildman–Crippen MR) is 110 cm³/mol. The molecule has 10 atom stereocenters. The summed E-state index contributed by atoms with van der Waals surface area (Å²) in [6.07, 6.45) is -11.6. The minimum absolute atomic E-state index is 0.0930. The topological polar surface area (TPSA) is 246 Å². The molecule has 0 aromatic carbocycles. The van der Waals surface area contributed by atoms with E-state index in [0.717, 1.165) is 14.0 Å². The third kappa shape index (κ3) is 6.97. The number of carboxylic acids is 1. The van der Waals surface area contributed by atoms with Gasteiger partial charge in [-0.2, -0.15) is 8.42 Å². The number of hydrogen-bond acceptors (Lipinski definition) is 15. The molecule has 2 aliphatic rings. The van der Waals surface area contributed by atoms with Gasteiger partial charge in [0.1, 0.15) is 30.5 Å². The Morgan fingerprint density at radius 2 is 1.77 bits per heavy atom. The molecule has 1 amide bonds. The lowest BCUT2D eigenvalue weighted by Gasteiger charge is -2.47. The highest BCUT2D eigenvalue weighted by atomic mass is 32.2. The first kappa shape index (κ1) is 30.0. The third-order valence-electron chi connectivity index (χ3n) is 5.28. The summed E-state index contributed by atoms with van der Waals surface area (Å²) < 4.78 is 65.4. The van der Waals surface area contributed by atoms with Crippen molar-refractivity contribution in [3.05, 3.63) is 0 Å². The van der Waals surface area contributed by atoms with Gasteiger partial charge in [0, 0.05) is 33.2 Å². The molecule has 2 saturated heterocycles. The summed E-state index contributed by atoms with van der Waals surface area (Å²) in [5.74, 6) is -2.26. The van der Waals surface area contributed by atoms with Gasteiger partial charge < -0.3 is 44.3 Å². The van der Waals surface area contributed by atoms with Crippen molar-refractivity contribution in [1.29, 1.82) is 0 Å². The van der Waals surface area contributed by atoms with E-state index in [9.17, 15) is 37.9 Å². The fourth-order valence-electron chi connectivity index (χ4n) is 3.84. The number of carbonyl (C=O) groups excluding carboxylic acids is 1. The highest BCUT2D eigenvalue weighted by molar-refractivity contribution is 7.96. The number of aliphatic hydroxyl groups excluding tert-OH is 2. The van der Waals surface area contributed by atoms with Crippen molar-refractivity contribution >= 4 is 34.0 Å². The summed E-state index contributed by atoms with van der Waals surface area (Å²) in [6.45, 7) is 0.375. The molecule has 2 fully saturated rings. The van der Waals surface area contributed by atoms with E-state index >= 15 is 0 Å². The van der Waals surface area contributed by atoms with Crippen LogP contribution < -0.4 is 5.32 Å². The van der Waals surface area contributed by atoms with Crippen LogP contribution in [0.25, 0.3) is 0 Å². The van der Waals surface area contributed by atoms with Crippen LogP contribution in [-0.2, 0) is 52.8 Å². The van der Waals surface area contributed by atoms with Crippen LogP contribution in [0.2, 0.25) is 0 Å². The number of amides is 1. The first-order valence-electron chi connectivity index (χ1n) is 9.81. The molecule has 2 rings (SSSR count). The Morgan fingerprint density at radius 1 is 1.11 bits per heavy atom. The van der Waals surface area contributed by atoms with Crippen molar-refractivity contribution < 1.29 is 76.2 Å². The lowest BCUT2D eigenvalue weighted by Crippen LogP contribution is -2.68. The Kier molecular flexibility index (Phi) is 11.0. The second kappa shape index (κ2) is 12.9. The molecule has 6 N–H and O–H groups in total. The Labute approximate surface area is 203 Å². The standard InChI is InChI=1S/C16H27NO16S2/c1-5(19)17-7-9(8(20)6(4-18)29-15(7)28-3)30-16-13(35(24,25)26)12(34-33-32-23)10(27-2)11(31-16)14(21)22/h6-13,15-16,18,20,23H,4H2,1-3H3,(H,17,19)(H,21,22)(H,24,25,26)/t6?,7?,8-,9+,10+,11?,12-,13?,15+,16+/m0/s1. The maximum absolute atomic E-state index is 12.3. The molecule has 204 valence electrons. The summed E-state index contributed by atoms with van der Waals surface area (Å²) in [5.41, 5.74) is 0. The number of hydrogen-bond donors (Lipinski definition) is 6. The average Bonchev–Trinajstić information content (AvgIpc) is 2.78. The van der Waals surface area contributed by atoms with E-state index in [2.05, 4.69) is 14.7 Å². The average molecular weight is 554 g/mol. The zero-order valence-electron chi connectivity index (χ0n) is 18.5. The summed E-state index contributed by atoms with van der Waals surface area (Å²) in [6, 6.07) is -1.31. The predicted octanol–water partition coefficient (Wildman–Crippen LogP) is -2.88. The number of carboxylic acid groups (broad SMARTS) is 1. The summed E-state index contributed by atoms with van der Waals surface area (Å²) in [4.78, 5) is 23.6. The molecule has 4 unspecified atom stereocenters. The first-order valence-corrected chi connectivity index (χ1v) is 12.1. The monoisotopic (exact) mass is 553 g/mol. The van der Waals surface area contributed by atoms with E-state index < -0.39 is 88.2 Å². The Balaban J connectivity index is 2.54. The molecule has 2 aliphatic heterocycles. The molecular weight excluding hydrogens is 526 g/mol. The second-order valence-corrected chi connectivity index (χ2v) is 9.87. The SMILES string of the molecule is CO[C@@H]1OC(CO)[C@H](O)[C@H](O[C@@H]2OC(C(=O)O)[C@@H](OC)[C@H](SOOO)C2S(=O)(=O)O)C1NC(C)=O. The van der Waals surface area contributed by atoms with Gasteiger partial charge in [0.2, 0.25) is 5.91 Å².